The summed E-state index contributed by atoms with van der Waals surface area (Å²) in [7, 11) is 0. The van der Waals surface area contributed by atoms with Crippen molar-refractivity contribution in [3.63, 3.8) is 0 Å². The number of hydrogen-bond donors (Lipinski definition) is 1. The van der Waals surface area contributed by atoms with Crippen LogP contribution in [0.25, 0.3) is 11.4 Å². The second-order valence-electron chi connectivity index (χ2n) is 5.84. The number of halogens is 1. The summed E-state index contributed by atoms with van der Waals surface area (Å²) in [6, 6.07) is 6.82. The normalized spacial score (nSPS) is 17.8. The molecule has 1 aromatic heterocycles. The van der Waals surface area contributed by atoms with Gasteiger partial charge in [-0.3, -0.25) is 14.6 Å². The maximum Gasteiger partial charge on any atom is 0.320 e. The SMILES string of the molecule is CC(C(=O)O)N1CCN(Cc2nc(-c3ccc(Cl)cc3)no2)CC1. The van der Waals surface area contributed by atoms with E-state index in [2.05, 4.69) is 15.0 Å². The Morgan fingerprint density at radius 2 is 1.96 bits per heavy atom. The van der Waals surface area contributed by atoms with Crippen molar-refractivity contribution in [1.82, 2.24) is 19.9 Å². The maximum absolute atomic E-state index is 11.0. The van der Waals surface area contributed by atoms with Crippen molar-refractivity contribution in [3.8, 4) is 11.4 Å². The van der Waals surface area contributed by atoms with E-state index in [4.69, 9.17) is 21.2 Å². The van der Waals surface area contributed by atoms with Crippen molar-refractivity contribution in [3.05, 3.63) is 35.2 Å². The van der Waals surface area contributed by atoms with Crippen LogP contribution in [0.5, 0.6) is 0 Å². The molecule has 1 atom stereocenters. The molecule has 128 valence electrons. The Balaban J connectivity index is 1.56. The molecule has 2 aromatic rings. The summed E-state index contributed by atoms with van der Waals surface area (Å²) < 4.78 is 5.32. The molecular formula is C16H19ClN4O3. The third-order valence-electron chi connectivity index (χ3n) is 4.24. The van der Waals surface area contributed by atoms with Crippen LogP contribution in [0, 0.1) is 0 Å². The predicted octanol–water partition coefficient (Wildman–Crippen LogP) is 1.98. The van der Waals surface area contributed by atoms with Crippen molar-refractivity contribution in [2.75, 3.05) is 26.2 Å². The lowest BCUT2D eigenvalue weighted by Crippen LogP contribution is -2.51. The van der Waals surface area contributed by atoms with Gasteiger partial charge in [-0.05, 0) is 31.2 Å². The molecule has 0 radical (unpaired) electrons. The first kappa shape index (κ1) is 16.9. The molecule has 0 spiro atoms. The molecule has 0 saturated carbocycles. The summed E-state index contributed by atoms with van der Waals surface area (Å²) in [5.74, 6) is 0.312. The van der Waals surface area contributed by atoms with Crippen LogP contribution in [-0.4, -0.2) is 63.2 Å². The van der Waals surface area contributed by atoms with E-state index in [1.165, 1.54) is 0 Å². The van der Waals surface area contributed by atoms with Crippen LogP contribution in [0.15, 0.2) is 28.8 Å². The van der Waals surface area contributed by atoms with Crippen LogP contribution < -0.4 is 0 Å². The van der Waals surface area contributed by atoms with Crippen LogP contribution in [0.3, 0.4) is 0 Å². The molecule has 1 N–H and O–H groups in total. The fraction of sp³-hybridized carbons (Fsp3) is 0.438. The Hall–Kier alpha value is -1.96. The van der Waals surface area contributed by atoms with Crippen molar-refractivity contribution in [2.24, 2.45) is 0 Å². The number of piperazine rings is 1. The van der Waals surface area contributed by atoms with Crippen molar-refractivity contribution in [1.29, 1.82) is 0 Å². The van der Waals surface area contributed by atoms with Gasteiger partial charge in [-0.25, -0.2) is 0 Å². The third-order valence-corrected chi connectivity index (χ3v) is 4.49. The van der Waals surface area contributed by atoms with Gasteiger partial charge in [0.2, 0.25) is 11.7 Å². The Morgan fingerprint density at radius 1 is 1.29 bits per heavy atom. The quantitative estimate of drug-likeness (QED) is 0.882. The first-order valence-corrected chi connectivity index (χ1v) is 8.18. The predicted molar refractivity (Wildman–Crippen MR) is 88.7 cm³/mol. The van der Waals surface area contributed by atoms with Gasteiger partial charge in [0.05, 0.1) is 6.54 Å². The van der Waals surface area contributed by atoms with E-state index in [9.17, 15) is 4.79 Å². The van der Waals surface area contributed by atoms with E-state index < -0.39 is 12.0 Å². The van der Waals surface area contributed by atoms with Crippen molar-refractivity contribution < 1.29 is 14.4 Å². The highest BCUT2D eigenvalue weighted by Crippen LogP contribution is 2.19. The number of nitrogens with zero attached hydrogens (tertiary/aromatic N) is 4. The Labute approximate surface area is 144 Å². The van der Waals surface area contributed by atoms with Gasteiger partial charge in [0, 0.05) is 36.8 Å². The summed E-state index contributed by atoms with van der Waals surface area (Å²) in [4.78, 5) is 19.6. The number of benzene rings is 1. The number of aromatic nitrogens is 2. The zero-order valence-electron chi connectivity index (χ0n) is 13.4. The van der Waals surface area contributed by atoms with Gasteiger partial charge in [0.1, 0.15) is 6.04 Å². The van der Waals surface area contributed by atoms with E-state index in [0.717, 1.165) is 18.7 Å². The average Bonchev–Trinajstić information content (AvgIpc) is 3.04. The Morgan fingerprint density at radius 3 is 2.58 bits per heavy atom. The van der Waals surface area contributed by atoms with Crippen molar-refractivity contribution in [2.45, 2.75) is 19.5 Å². The van der Waals surface area contributed by atoms with Gasteiger partial charge in [0.15, 0.2) is 0 Å². The molecule has 24 heavy (non-hydrogen) atoms. The molecule has 1 aliphatic heterocycles. The smallest absolute Gasteiger partial charge is 0.320 e. The van der Waals surface area contributed by atoms with E-state index in [1.807, 2.05) is 17.0 Å². The standard InChI is InChI=1S/C16H19ClN4O3/c1-11(16(22)23)21-8-6-20(7-9-21)10-14-18-15(19-24-14)12-2-4-13(17)5-3-12/h2-5,11H,6-10H2,1H3,(H,22,23). The molecule has 1 aliphatic rings. The molecule has 0 bridgehead atoms. The highest BCUT2D eigenvalue weighted by Gasteiger charge is 2.25. The number of hydrogen-bond acceptors (Lipinski definition) is 6. The number of rotatable bonds is 5. The molecule has 0 amide bonds. The molecule has 1 saturated heterocycles. The number of carboxylic acids is 1. The zero-order chi connectivity index (χ0) is 17.1. The van der Waals surface area contributed by atoms with Crippen LogP contribution in [0.4, 0.5) is 0 Å². The van der Waals surface area contributed by atoms with E-state index in [1.54, 1.807) is 19.1 Å². The molecule has 8 heteroatoms. The summed E-state index contributed by atoms with van der Waals surface area (Å²) in [6.45, 7) is 5.26. The average molecular weight is 351 g/mol. The van der Waals surface area contributed by atoms with Gasteiger partial charge in [-0.15, -0.1) is 0 Å². The summed E-state index contributed by atoms with van der Waals surface area (Å²) in [6.07, 6.45) is 0. The van der Waals surface area contributed by atoms with E-state index in [0.29, 0.717) is 36.4 Å². The zero-order valence-corrected chi connectivity index (χ0v) is 14.1. The lowest BCUT2D eigenvalue weighted by atomic mass is 10.2. The van der Waals surface area contributed by atoms with Crippen molar-refractivity contribution >= 4 is 17.6 Å². The lowest BCUT2D eigenvalue weighted by Gasteiger charge is -2.35. The second-order valence-corrected chi connectivity index (χ2v) is 6.28. The van der Waals surface area contributed by atoms with Crippen LogP contribution in [0.1, 0.15) is 12.8 Å². The van der Waals surface area contributed by atoms with Gasteiger partial charge in [-0.2, -0.15) is 4.98 Å². The first-order chi connectivity index (χ1) is 11.5. The topological polar surface area (TPSA) is 82.7 Å². The molecule has 3 rings (SSSR count). The fourth-order valence-electron chi connectivity index (χ4n) is 2.69. The number of aliphatic carboxylic acids is 1. The molecular weight excluding hydrogens is 332 g/mol. The minimum atomic E-state index is -0.784. The van der Waals surface area contributed by atoms with Gasteiger partial charge < -0.3 is 9.63 Å². The Kier molecular flexibility index (Phi) is 5.13. The molecule has 1 aromatic carbocycles. The Bertz CT molecular complexity index is 696. The lowest BCUT2D eigenvalue weighted by molar-refractivity contribution is -0.143. The van der Waals surface area contributed by atoms with Gasteiger partial charge in [-0.1, -0.05) is 16.8 Å². The summed E-state index contributed by atoms with van der Waals surface area (Å²) in [5.41, 5.74) is 0.856. The van der Waals surface area contributed by atoms with Gasteiger partial charge in [0.25, 0.3) is 0 Å². The van der Waals surface area contributed by atoms with Crippen LogP contribution in [-0.2, 0) is 11.3 Å². The molecule has 0 aliphatic carbocycles. The van der Waals surface area contributed by atoms with E-state index in [-0.39, 0.29) is 0 Å². The van der Waals surface area contributed by atoms with Crippen LogP contribution >= 0.6 is 11.6 Å². The largest absolute Gasteiger partial charge is 0.480 e. The highest BCUT2D eigenvalue weighted by atomic mass is 35.5. The highest BCUT2D eigenvalue weighted by molar-refractivity contribution is 6.30. The molecule has 7 nitrogen and oxygen atoms in total. The monoisotopic (exact) mass is 350 g/mol. The van der Waals surface area contributed by atoms with Gasteiger partial charge >= 0.3 is 5.97 Å². The molecule has 2 heterocycles. The third kappa shape index (κ3) is 3.92. The maximum atomic E-state index is 11.0. The fourth-order valence-corrected chi connectivity index (χ4v) is 2.82. The van der Waals surface area contributed by atoms with Crippen LogP contribution in [0.2, 0.25) is 5.02 Å². The summed E-state index contributed by atoms with van der Waals surface area (Å²) in [5, 5.41) is 13.7. The number of carbonyl (C=O) groups is 1. The minimum Gasteiger partial charge on any atom is -0.480 e. The molecule has 1 fully saturated rings. The summed E-state index contributed by atoms with van der Waals surface area (Å²) >= 11 is 5.88. The second kappa shape index (κ2) is 7.29. The minimum absolute atomic E-state index is 0.452. The molecule has 1 unspecified atom stereocenters. The number of carboxylic acid groups (broad SMARTS) is 1. The first-order valence-electron chi connectivity index (χ1n) is 7.80. The van der Waals surface area contributed by atoms with E-state index >= 15 is 0 Å².